The Morgan fingerprint density at radius 1 is 1.32 bits per heavy atom. The highest BCUT2D eigenvalue weighted by Crippen LogP contribution is 2.60. The van der Waals surface area contributed by atoms with Crippen LogP contribution in [0.4, 0.5) is 5.69 Å². The molecule has 0 unspecified atom stereocenters. The monoisotopic (exact) mass is 407 g/mol. The smallest absolute Gasteiger partial charge is 0.310 e. The molecule has 6 nitrogen and oxygen atoms in total. The van der Waals surface area contributed by atoms with E-state index in [2.05, 4.69) is 21.2 Å². The van der Waals surface area contributed by atoms with E-state index >= 15 is 0 Å². The van der Waals surface area contributed by atoms with E-state index in [0.29, 0.717) is 5.69 Å². The summed E-state index contributed by atoms with van der Waals surface area (Å²) in [4.78, 5) is 36.6. The Labute approximate surface area is 153 Å². The largest absolute Gasteiger partial charge is 0.461 e. The van der Waals surface area contributed by atoms with Gasteiger partial charge in [0.2, 0.25) is 0 Å². The van der Waals surface area contributed by atoms with E-state index in [0.717, 1.165) is 12.0 Å². The van der Waals surface area contributed by atoms with Gasteiger partial charge in [-0.3, -0.25) is 14.4 Å². The first kappa shape index (κ1) is 16.6. The third-order valence-corrected chi connectivity index (χ3v) is 6.76. The van der Waals surface area contributed by atoms with E-state index in [1.807, 2.05) is 25.1 Å². The molecule has 132 valence electrons. The van der Waals surface area contributed by atoms with Crippen molar-refractivity contribution >= 4 is 39.5 Å². The first-order valence-corrected chi connectivity index (χ1v) is 9.25. The van der Waals surface area contributed by atoms with Gasteiger partial charge in [0.05, 0.1) is 16.7 Å². The second kappa shape index (κ2) is 6.12. The van der Waals surface area contributed by atoms with Gasteiger partial charge in [0.25, 0.3) is 5.91 Å². The molecule has 1 aliphatic heterocycles. The lowest BCUT2D eigenvalue weighted by Gasteiger charge is -2.26. The third-order valence-electron chi connectivity index (χ3n) is 5.56. The molecule has 1 saturated heterocycles. The maximum atomic E-state index is 12.5. The summed E-state index contributed by atoms with van der Waals surface area (Å²) in [6.45, 7) is 1.52. The van der Waals surface area contributed by atoms with E-state index in [1.54, 1.807) is 6.07 Å². The lowest BCUT2D eigenvalue weighted by Crippen LogP contribution is -2.39. The fourth-order valence-electron chi connectivity index (χ4n) is 4.43. The number of hydrogen-bond donors (Lipinski definition) is 1. The summed E-state index contributed by atoms with van der Waals surface area (Å²) in [5, 5.41) is 2.72. The molecule has 4 rings (SSSR count). The molecule has 7 heteroatoms. The molecule has 0 spiro atoms. The fourth-order valence-corrected chi connectivity index (χ4v) is 5.47. The van der Waals surface area contributed by atoms with Crippen molar-refractivity contribution in [1.82, 2.24) is 0 Å². The van der Waals surface area contributed by atoms with Crippen LogP contribution in [0.15, 0.2) is 24.3 Å². The first-order chi connectivity index (χ1) is 12.0. The highest BCUT2D eigenvalue weighted by Gasteiger charge is 2.68. The number of hydrogen-bond acceptors (Lipinski definition) is 5. The van der Waals surface area contributed by atoms with Gasteiger partial charge in [-0.2, -0.15) is 0 Å². The van der Waals surface area contributed by atoms with E-state index in [-0.39, 0.29) is 35.3 Å². The van der Waals surface area contributed by atoms with Crippen LogP contribution in [0.5, 0.6) is 0 Å². The Balaban J connectivity index is 1.37. The summed E-state index contributed by atoms with van der Waals surface area (Å²) < 4.78 is 10.6. The minimum atomic E-state index is -0.521. The number of halogens is 1. The average Bonchev–Trinajstić information content (AvgIpc) is 3.19. The van der Waals surface area contributed by atoms with Gasteiger partial charge in [-0.05, 0) is 30.9 Å². The van der Waals surface area contributed by atoms with Gasteiger partial charge in [-0.15, -0.1) is 0 Å². The van der Waals surface area contributed by atoms with Crippen molar-refractivity contribution in [2.45, 2.75) is 24.3 Å². The molecule has 0 aromatic heterocycles. The van der Waals surface area contributed by atoms with Crippen molar-refractivity contribution in [1.29, 1.82) is 0 Å². The molecular formula is C18H18BrNO5. The Kier molecular flexibility index (Phi) is 4.06. The number of benzene rings is 1. The molecule has 2 bridgehead atoms. The van der Waals surface area contributed by atoms with Crippen molar-refractivity contribution in [2.24, 2.45) is 23.7 Å². The quantitative estimate of drug-likeness (QED) is 0.609. The van der Waals surface area contributed by atoms with Crippen LogP contribution in [0, 0.1) is 30.6 Å². The molecule has 25 heavy (non-hydrogen) atoms. The Bertz CT molecular complexity index is 751. The molecule has 6 atom stereocenters. The van der Waals surface area contributed by atoms with Gasteiger partial charge in [0.1, 0.15) is 6.10 Å². The summed E-state index contributed by atoms with van der Waals surface area (Å²) in [5.74, 6) is -2.03. The molecular weight excluding hydrogens is 390 g/mol. The molecule has 0 radical (unpaired) electrons. The number of anilines is 1. The number of fused-ring (bicyclic) bond motifs is 1. The van der Waals surface area contributed by atoms with Crippen LogP contribution in [0.25, 0.3) is 0 Å². The summed E-state index contributed by atoms with van der Waals surface area (Å²) >= 11 is 3.55. The van der Waals surface area contributed by atoms with Crippen molar-refractivity contribution in [3.8, 4) is 0 Å². The summed E-state index contributed by atoms with van der Waals surface area (Å²) in [6.07, 6.45) is 0.655. The number of ether oxygens (including phenoxy) is 2. The van der Waals surface area contributed by atoms with E-state index < -0.39 is 23.7 Å². The van der Waals surface area contributed by atoms with Crippen LogP contribution in [0.3, 0.4) is 0 Å². The van der Waals surface area contributed by atoms with Crippen molar-refractivity contribution < 1.29 is 23.9 Å². The number of nitrogens with one attached hydrogen (secondary N) is 1. The number of alkyl halides is 1. The molecule has 1 aromatic carbocycles. The number of rotatable bonds is 4. The Morgan fingerprint density at radius 2 is 2.08 bits per heavy atom. The molecule has 3 fully saturated rings. The predicted octanol–water partition coefficient (Wildman–Crippen LogP) is 2.05. The third kappa shape index (κ3) is 2.65. The normalized spacial score (nSPS) is 34.7. The number of amides is 1. The van der Waals surface area contributed by atoms with Crippen LogP contribution in [0.1, 0.15) is 12.0 Å². The molecule has 1 aromatic rings. The molecule has 1 N–H and O–H groups in total. The highest BCUT2D eigenvalue weighted by atomic mass is 79.9. The topological polar surface area (TPSA) is 81.7 Å². The molecule has 2 saturated carbocycles. The summed E-state index contributed by atoms with van der Waals surface area (Å²) in [7, 11) is 0. The zero-order valence-corrected chi connectivity index (χ0v) is 15.2. The van der Waals surface area contributed by atoms with Gasteiger partial charge in [-0.1, -0.05) is 34.1 Å². The minimum absolute atomic E-state index is 0.0152. The standard InChI is InChI=1S/C18H18BrNO5/c1-8-4-2-3-5-11(8)20-12(21)7-24-17(22)13-9-6-10-14(13)18(23)25-16(10)15(9)19/h2-5,9-10,13-16H,6-7H2,1H3,(H,20,21)/t9-,10-,13-,14-,15-,16+/m1/s1. The number of esters is 2. The van der Waals surface area contributed by atoms with E-state index in [4.69, 9.17) is 9.47 Å². The Hall–Kier alpha value is -1.89. The number of para-hydroxylation sites is 1. The number of carbonyl (C=O) groups excluding carboxylic acids is 3. The van der Waals surface area contributed by atoms with Crippen LogP contribution in [-0.2, 0) is 23.9 Å². The zero-order valence-electron chi connectivity index (χ0n) is 13.6. The van der Waals surface area contributed by atoms with Gasteiger partial charge in [0.15, 0.2) is 6.61 Å². The van der Waals surface area contributed by atoms with Crippen LogP contribution < -0.4 is 5.32 Å². The summed E-state index contributed by atoms with van der Waals surface area (Å²) in [5.41, 5.74) is 1.61. The van der Waals surface area contributed by atoms with Crippen LogP contribution >= 0.6 is 15.9 Å². The number of aryl methyl sites for hydroxylation is 1. The lowest BCUT2D eigenvalue weighted by molar-refractivity contribution is -0.157. The zero-order chi connectivity index (χ0) is 17.7. The molecule has 2 aliphatic carbocycles. The molecule has 1 heterocycles. The first-order valence-electron chi connectivity index (χ1n) is 8.34. The maximum absolute atomic E-state index is 12.5. The molecule has 1 amide bonds. The van der Waals surface area contributed by atoms with Crippen LogP contribution in [-0.4, -0.2) is 35.4 Å². The number of carbonyl (C=O) groups is 3. The predicted molar refractivity (Wildman–Crippen MR) is 91.9 cm³/mol. The SMILES string of the molecule is Cc1ccccc1NC(=O)COC(=O)[C@@H]1[C@H]2C[C@H]3[C@H](OC(=O)[C@H]31)[C@@H]2Br. The van der Waals surface area contributed by atoms with Crippen molar-refractivity contribution in [3.63, 3.8) is 0 Å². The van der Waals surface area contributed by atoms with Gasteiger partial charge < -0.3 is 14.8 Å². The highest BCUT2D eigenvalue weighted by molar-refractivity contribution is 9.09. The molecule has 3 aliphatic rings. The summed E-state index contributed by atoms with van der Waals surface area (Å²) in [6, 6.07) is 7.37. The van der Waals surface area contributed by atoms with E-state index in [1.165, 1.54) is 0 Å². The maximum Gasteiger partial charge on any atom is 0.310 e. The Morgan fingerprint density at radius 3 is 2.84 bits per heavy atom. The average molecular weight is 408 g/mol. The van der Waals surface area contributed by atoms with Crippen molar-refractivity contribution in [2.75, 3.05) is 11.9 Å². The fraction of sp³-hybridized carbons (Fsp3) is 0.500. The van der Waals surface area contributed by atoms with Gasteiger partial charge >= 0.3 is 11.9 Å². The van der Waals surface area contributed by atoms with Gasteiger partial charge in [0, 0.05) is 11.6 Å². The lowest BCUT2D eigenvalue weighted by atomic mass is 9.80. The second-order valence-corrected chi connectivity index (χ2v) is 7.99. The second-order valence-electron chi connectivity index (χ2n) is 6.93. The minimum Gasteiger partial charge on any atom is -0.461 e. The van der Waals surface area contributed by atoms with Crippen LogP contribution in [0.2, 0.25) is 0 Å². The van der Waals surface area contributed by atoms with E-state index in [9.17, 15) is 14.4 Å². The van der Waals surface area contributed by atoms with Crippen molar-refractivity contribution in [3.05, 3.63) is 29.8 Å². The van der Waals surface area contributed by atoms with Gasteiger partial charge in [-0.25, -0.2) is 0 Å².